The maximum atomic E-state index is 12.6. The minimum Gasteiger partial charge on any atom is -0.322 e. The predicted molar refractivity (Wildman–Crippen MR) is 78.7 cm³/mol. The maximum Gasteiger partial charge on any atom is 0.235 e. The summed E-state index contributed by atoms with van der Waals surface area (Å²) in [5.41, 5.74) is 3.76. The minimum atomic E-state index is -0.337. The van der Waals surface area contributed by atoms with Gasteiger partial charge in [0.1, 0.15) is 0 Å². The number of anilines is 1. The van der Waals surface area contributed by atoms with Crippen LogP contribution in [0.4, 0.5) is 5.69 Å². The number of nitrogens with one attached hydrogen (secondary N) is 1. The zero-order valence-corrected chi connectivity index (χ0v) is 12.1. The Bertz CT molecular complexity index is 651. The SMILES string of the molecule is Cc1ccc(C2(C(=O)Nc3cnn(C)c3C)CC2)cc1. The van der Waals surface area contributed by atoms with E-state index in [-0.39, 0.29) is 11.3 Å². The third-order valence-corrected chi connectivity index (χ3v) is 4.27. The Morgan fingerprint density at radius 3 is 2.40 bits per heavy atom. The number of aryl methyl sites for hydroxylation is 2. The van der Waals surface area contributed by atoms with E-state index in [0.29, 0.717) is 0 Å². The molecule has 0 spiro atoms. The molecule has 0 radical (unpaired) electrons. The minimum absolute atomic E-state index is 0.0810. The van der Waals surface area contributed by atoms with Crippen LogP contribution in [0.3, 0.4) is 0 Å². The van der Waals surface area contributed by atoms with E-state index < -0.39 is 0 Å². The molecule has 0 aliphatic heterocycles. The second kappa shape index (κ2) is 4.47. The van der Waals surface area contributed by atoms with Crippen molar-refractivity contribution in [3.05, 3.63) is 47.3 Å². The van der Waals surface area contributed by atoms with Crippen LogP contribution in [0.1, 0.15) is 29.7 Å². The van der Waals surface area contributed by atoms with Gasteiger partial charge in [-0.15, -0.1) is 0 Å². The molecule has 2 aromatic rings. The van der Waals surface area contributed by atoms with Crippen molar-refractivity contribution in [3.63, 3.8) is 0 Å². The van der Waals surface area contributed by atoms with Gasteiger partial charge >= 0.3 is 0 Å². The van der Waals surface area contributed by atoms with Crippen molar-refractivity contribution in [1.82, 2.24) is 9.78 Å². The molecule has 1 aliphatic carbocycles. The van der Waals surface area contributed by atoms with Gasteiger partial charge in [0.15, 0.2) is 0 Å². The summed E-state index contributed by atoms with van der Waals surface area (Å²) in [6.07, 6.45) is 3.54. The van der Waals surface area contributed by atoms with Gasteiger partial charge in [0.2, 0.25) is 5.91 Å². The zero-order chi connectivity index (χ0) is 14.3. The number of nitrogens with zero attached hydrogens (tertiary/aromatic N) is 2. The summed E-state index contributed by atoms with van der Waals surface area (Å²) in [6, 6.07) is 8.27. The lowest BCUT2D eigenvalue weighted by molar-refractivity contribution is -0.118. The Morgan fingerprint density at radius 2 is 1.90 bits per heavy atom. The average Bonchev–Trinajstić information content (AvgIpc) is 3.19. The Labute approximate surface area is 118 Å². The number of carbonyl (C=O) groups excluding carboxylic acids is 1. The van der Waals surface area contributed by atoms with E-state index >= 15 is 0 Å². The molecule has 1 aliphatic rings. The summed E-state index contributed by atoms with van der Waals surface area (Å²) >= 11 is 0. The predicted octanol–water partition coefficient (Wildman–Crippen LogP) is 2.71. The fourth-order valence-corrected chi connectivity index (χ4v) is 2.51. The van der Waals surface area contributed by atoms with Crippen molar-refractivity contribution < 1.29 is 4.79 Å². The van der Waals surface area contributed by atoms with Crippen LogP contribution in [-0.2, 0) is 17.3 Å². The Balaban J connectivity index is 1.83. The number of hydrogen-bond donors (Lipinski definition) is 1. The van der Waals surface area contributed by atoms with E-state index in [2.05, 4.69) is 41.6 Å². The summed E-state index contributed by atoms with van der Waals surface area (Å²) < 4.78 is 1.76. The summed E-state index contributed by atoms with van der Waals surface area (Å²) in [5, 5.41) is 7.18. The molecule has 1 fully saturated rings. The van der Waals surface area contributed by atoms with Crippen molar-refractivity contribution in [2.45, 2.75) is 32.1 Å². The Morgan fingerprint density at radius 1 is 1.25 bits per heavy atom. The van der Waals surface area contributed by atoms with Gasteiger partial charge in [-0.1, -0.05) is 29.8 Å². The van der Waals surface area contributed by atoms with Crippen molar-refractivity contribution in [2.75, 3.05) is 5.32 Å². The van der Waals surface area contributed by atoms with Crippen LogP contribution in [0, 0.1) is 13.8 Å². The van der Waals surface area contributed by atoms with Crippen LogP contribution in [0.5, 0.6) is 0 Å². The van der Waals surface area contributed by atoms with E-state index in [1.165, 1.54) is 5.56 Å². The highest BCUT2D eigenvalue weighted by Crippen LogP contribution is 2.49. The lowest BCUT2D eigenvalue weighted by Gasteiger charge is -2.15. The Hall–Kier alpha value is -2.10. The van der Waals surface area contributed by atoms with E-state index in [4.69, 9.17) is 0 Å². The second-order valence-electron chi connectivity index (χ2n) is 5.67. The molecule has 0 saturated heterocycles. The van der Waals surface area contributed by atoms with E-state index in [1.54, 1.807) is 10.9 Å². The highest BCUT2D eigenvalue weighted by Gasteiger charge is 2.51. The van der Waals surface area contributed by atoms with Gasteiger partial charge in [-0.05, 0) is 32.3 Å². The number of carbonyl (C=O) groups is 1. The van der Waals surface area contributed by atoms with Crippen LogP contribution < -0.4 is 5.32 Å². The third-order valence-electron chi connectivity index (χ3n) is 4.27. The van der Waals surface area contributed by atoms with Gasteiger partial charge in [0.25, 0.3) is 0 Å². The van der Waals surface area contributed by atoms with Crippen LogP contribution in [0.2, 0.25) is 0 Å². The van der Waals surface area contributed by atoms with Crippen molar-refractivity contribution in [1.29, 1.82) is 0 Å². The van der Waals surface area contributed by atoms with Gasteiger partial charge in [0.05, 0.1) is 23.0 Å². The number of amides is 1. The normalized spacial score (nSPS) is 15.9. The molecule has 1 heterocycles. The van der Waals surface area contributed by atoms with Gasteiger partial charge < -0.3 is 5.32 Å². The molecule has 0 atom stereocenters. The summed E-state index contributed by atoms with van der Waals surface area (Å²) in [4.78, 5) is 12.6. The van der Waals surface area contributed by atoms with Crippen molar-refractivity contribution in [3.8, 4) is 0 Å². The molecule has 1 aromatic carbocycles. The molecule has 3 rings (SSSR count). The second-order valence-corrected chi connectivity index (χ2v) is 5.67. The highest BCUT2D eigenvalue weighted by atomic mass is 16.2. The first-order chi connectivity index (χ1) is 9.53. The van der Waals surface area contributed by atoms with Gasteiger partial charge in [-0.25, -0.2) is 0 Å². The van der Waals surface area contributed by atoms with E-state index in [0.717, 1.165) is 29.8 Å². The first kappa shape index (κ1) is 12.9. The quantitative estimate of drug-likeness (QED) is 0.931. The molecular weight excluding hydrogens is 250 g/mol. The first-order valence-corrected chi connectivity index (χ1v) is 6.90. The smallest absolute Gasteiger partial charge is 0.235 e. The van der Waals surface area contributed by atoms with E-state index in [9.17, 15) is 4.79 Å². The van der Waals surface area contributed by atoms with Gasteiger partial charge in [-0.3, -0.25) is 9.48 Å². The highest BCUT2D eigenvalue weighted by molar-refractivity contribution is 6.01. The standard InChI is InChI=1S/C16H19N3O/c1-11-4-6-13(7-5-11)16(8-9-16)15(20)18-14-10-17-19(3)12(14)2/h4-7,10H,8-9H2,1-3H3,(H,18,20). The molecule has 0 unspecified atom stereocenters. The molecule has 1 amide bonds. The van der Waals surface area contributed by atoms with E-state index in [1.807, 2.05) is 14.0 Å². The fraction of sp³-hybridized carbons (Fsp3) is 0.375. The summed E-state index contributed by atoms with van der Waals surface area (Å²) in [6.45, 7) is 4.01. The summed E-state index contributed by atoms with van der Waals surface area (Å²) in [5.74, 6) is 0.0810. The molecule has 1 aromatic heterocycles. The molecule has 0 bridgehead atoms. The Kier molecular flexibility index (Phi) is 2.89. The fourth-order valence-electron chi connectivity index (χ4n) is 2.51. The topological polar surface area (TPSA) is 46.9 Å². The monoisotopic (exact) mass is 269 g/mol. The zero-order valence-electron chi connectivity index (χ0n) is 12.1. The third kappa shape index (κ3) is 2.01. The maximum absolute atomic E-state index is 12.6. The lowest BCUT2D eigenvalue weighted by atomic mass is 9.94. The molecule has 1 saturated carbocycles. The van der Waals surface area contributed by atoms with Crippen LogP contribution in [0.25, 0.3) is 0 Å². The van der Waals surface area contributed by atoms with Gasteiger partial charge in [-0.2, -0.15) is 5.10 Å². The average molecular weight is 269 g/mol. The van der Waals surface area contributed by atoms with Crippen LogP contribution in [0.15, 0.2) is 30.5 Å². The van der Waals surface area contributed by atoms with Crippen LogP contribution >= 0.6 is 0 Å². The lowest BCUT2D eigenvalue weighted by Crippen LogP contribution is -2.28. The molecule has 20 heavy (non-hydrogen) atoms. The number of benzene rings is 1. The van der Waals surface area contributed by atoms with Gasteiger partial charge in [0, 0.05) is 7.05 Å². The summed E-state index contributed by atoms with van der Waals surface area (Å²) in [7, 11) is 1.87. The number of aromatic nitrogens is 2. The first-order valence-electron chi connectivity index (χ1n) is 6.90. The number of hydrogen-bond acceptors (Lipinski definition) is 2. The molecular formula is C16H19N3O. The van der Waals surface area contributed by atoms with Crippen molar-refractivity contribution >= 4 is 11.6 Å². The largest absolute Gasteiger partial charge is 0.322 e. The molecule has 4 nitrogen and oxygen atoms in total. The van der Waals surface area contributed by atoms with Crippen molar-refractivity contribution in [2.24, 2.45) is 7.05 Å². The molecule has 4 heteroatoms. The number of rotatable bonds is 3. The molecule has 104 valence electrons. The van der Waals surface area contributed by atoms with Crippen LogP contribution in [-0.4, -0.2) is 15.7 Å². The molecule has 1 N–H and O–H groups in total.